The third kappa shape index (κ3) is 2.41. The Morgan fingerprint density at radius 1 is 1.56 bits per heavy atom. The maximum absolute atomic E-state index is 12.4. The smallest absolute Gasteiger partial charge is 0.231 e. The van der Waals surface area contributed by atoms with Gasteiger partial charge in [-0.3, -0.25) is 4.79 Å². The van der Waals surface area contributed by atoms with Crippen molar-refractivity contribution in [1.29, 1.82) is 0 Å². The van der Waals surface area contributed by atoms with Crippen LogP contribution < -0.4 is 11.1 Å². The van der Waals surface area contributed by atoms with Gasteiger partial charge in [-0.2, -0.15) is 0 Å². The molecule has 98 valence electrons. The van der Waals surface area contributed by atoms with E-state index in [1.54, 1.807) is 0 Å². The number of rotatable bonds is 3. The van der Waals surface area contributed by atoms with Gasteiger partial charge in [0.25, 0.3) is 0 Å². The average molecular weight is 246 g/mol. The van der Waals surface area contributed by atoms with Crippen LogP contribution in [0.5, 0.6) is 0 Å². The Morgan fingerprint density at radius 2 is 2.33 bits per heavy atom. The summed E-state index contributed by atoms with van der Waals surface area (Å²) in [5.41, 5.74) is 7.75. The first kappa shape index (κ1) is 13.1. The van der Waals surface area contributed by atoms with Crippen molar-refractivity contribution in [2.24, 2.45) is 11.1 Å². The van der Waals surface area contributed by atoms with E-state index in [-0.39, 0.29) is 11.9 Å². The molecule has 1 aromatic carbocycles. The van der Waals surface area contributed by atoms with Gasteiger partial charge in [-0.05, 0) is 43.9 Å². The summed E-state index contributed by atoms with van der Waals surface area (Å²) >= 11 is 0. The van der Waals surface area contributed by atoms with E-state index in [0.717, 1.165) is 31.4 Å². The molecule has 1 aliphatic rings. The molecule has 2 unspecified atom stereocenters. The van der Waals surface area contributed by atoms with Gasteiger partial charge in [0.2, 0.25) is 5.91 Å². The fraction of sp³-hybridized carbons (Fsp3) is 0.533. The molecule has 0 saturated heterocycles. The van der Waals surface area contributed by atoms with Gasteiger partial charge in [-0.25, -0.2) is 0 Å². The van der Waals surface area contributed by atoms with Crippen molar-refractivity contribution in [2.75, 3.05) is 5.32 Å². The van der Waals surface area contributed by atoms with Gasteiger partial charge in [-0.15, -0.1) is 0 Å². The van der Waals surface area contributed by atoms with E-state index in [4.69, 9.17) is 5.73 Å². The summed E-state index contributed by atoms with van der Waals surface area (Å²) in [6, 6.07) is 7.99. The van der Waals surface area contributed by atoms with Crippen molar-refractivity contribution in [3.8, 4) is 0 Å². The van der Waals surface area contributed by atoms with E-state index in [9.17, 15) is 4.79 Å². The number of carbonyl (C=O) groups excluding carboxylic acids is 1. The molecule has 0 heterocycles. The Hall–Kier alpha value is -1.35. The molecule has 3 N–H and O–H groups in total. The Kier molecular flexibility index (Phi) is 3.71. The summed E-state index contributed by atoms with van der Waals surface area (Å²) in [4.78, 5) is 12.4. The van der Waals surface area contributed by atoms with Crippen molar-refractivity contribution < 1.29 is 4.79 Å². The fourth-order valence-electron chi connectivity index (χ4n) is 2.62. The Bertz CT molecular complexity index is 444. The molecule has 18 heavy (non-hydrogen) atoms. The zero-order valence-corrected chi connectivity index (χ0v) is 11.2. The van der Waals surface area contributed by atoms with Crippen molar-refractivity contribution >= 4 is 11.6 Å². The number of aryl methyl sites for hydroxylation is 1. The molecule has 3 nitrogen and oxygen atoms in total. The van der Waals surface area contributed by atoms with Crippen molar-refractivity contribution in [3.05, 3.63) is 29.8 Å². The van der Waals surface area contributed by atoms with Crippen LogP contribution in [-0.2, 0) is 11.2 Å². The first-order valence-corrected chi connectivity index (χ1v) is 6.72. The number of nitrogens with two attached hydrogens (primary N) is 1. The topological polar surface area (TPSA) is 55.1 Å². The maximum Gasteiger partial charge on any atom is 0.231 e. The number of nitrogens with one attached hydrogen (secondary N) is 1. The molecule has 0 radical (unpaired) electrons. The minimum atomic E-state index is -0.414. The van der Waals surface area contributed by atoms with Crippen LogP contribution in [0.2, 0.25) is 0 Å². The van der Waals surface area contributed by atoms with Crippen molar-refractivity contribution in [1.82, 2.24) is 0 Å². The van der Waals surface area contributed by atoms with Crippen LogP contribution in [0.4, 0.5) is 5.69 Å². The molecule has 0 bridgehead atoms. The molecule has 0 aromatic heterocycles. The lowest BCUT2D eigenvalue weighted by atomic mass is 9.84. The molecular weight excluding hydrogens is 224 g/mol. The molecule has 2 atom stereocenters. The highest BCUT2D eigenvalue weighted by atomic mass is 16.2. The van der Waals surface area contributed by atoms with Crippen molar-refractivity contribution in [2.45, 2.75) is 45.6 Å². The standard InChI is InChI=1S/C15H22N2O/c1-3-11-6-4-7-12(10-11)17-14(18)15(2)9-5-8-13(15)16/h4,6-7,10,13H,3,5,8-9,16H2,1-2H3,(H,17,18). The summed E-state index contributed by atoms with van der Waals surface area (Å²) in [5.74, 6) is 0.0563. The van der Waals surface area contributed by atoms with Gasteiger partial charge in [0.1, 0.15) is 0 Å². The van der Waals surface area contributed by atoms with Gasteiger partial charge < -0.3 is 11.1 Å². The monoisotopic (exact) mass is 246 g/mol. The van der Waals surface area contributed by atoms with Crippen LogP contribution in [0.3, 0.4) is 0 Å². The van der Waals surface area contributed by atoms with Crippen LogP contribution in [0.25, 0.3) is 0 Å². The zero-order valence-electron chi connectivity index (χ0n) is 11.2. The molecule has 0 aliphatic heterocycles. The highest BCUT2D eigenvalue weighted by molar-refractivity contribution is 5.95. The van der Waals surface area contributed by atoms with Crippen LogP contribution in [-0.4, -0.2) is 11.9 Å². The van der Waals surface area contributed by atoms with Gasteiger partial charge in [0.05, 0.1) is 5.41 Å². The number of anilines is 1. The minimum Gasteiger partial charge on any atom is -0.327 e. The van der Waals surface area contributed by atoms with Gasteiger partial charge in [-0.1, -0.05) is 25.5 Å². The summed E-state index contributed by atoms with van der Waals surface area (Å²) < 4.78 is 0. The predicted molar refractivity (Wildman–Crippen MR) is 74.4 cm³/mol. The van der Waals surface area contributed by atoms with E-state index in [1.165, 1.54) is 5.56 Å². The number of benzene rings is 1. The molecule has 2 rings (SSSR count). The molecule has 1 aliphatic carbocycles. The third-order valence-electron chi connectivity index (χ3n) is 4.14. The quantitative estimate of drug-likeness (QED) is 0.861. The van der Waals surface area contributed by atoms with Gasteiger partial charge >= 0.3 is 0 Å². The third-order valence-corrected chi connectivity index (χ3v) is 4.14. The molecular formula is C15H22N2O. The molecule has 1 aromatic rings. The first-order valence-electron chi connectivity index (χ1n) is 6.72. The minimum absolute atomic E-state index is 0.0214. The highest BCUT2D eigenvalue weighted by Gasteiger charge is 2.42. The number of carbonyl (C=O) groups is 1. The van der Waals surface area contributed by atoms with E-state index in [1.807, 2.05) is 25.1 Å². The van der Waals surface area contributed by atoms with Gasteiger partial charge in [0.15, 0.2) is 0 Å². The predicted octanol–water partition coefficient (Wildman–Crippen LogP) is 2.71. The van der Waals surface area contributed by atoms with Crippen LogP contribution in [0.1, 0.15) is 38.7 Å². The second-order valence-corrected chi connectivity index (χ2v) is 5.42. The fourth-order valence-corrected chi connectivity index (χ4v) is 2.62. The molecule has 0 spiro atoms. The van der Waals surface area contributed by atoms with Crippen LogP contribution >= 0.6 is 0 Å². The lowest BCUT2D eigenvalue weighted by molar-refractivity contribution is -0.125. The Labute approximate surface area is 109 Å². The van der Waals surface area contributed by atoms with E-state index < -0.39 is 5.41 Å². The lowest BCUT2D eigenvalue weighted by Gasteiger charge is -2.27. The second kappa shape index (κ2) is 5.11. The van der Waals surface area contributed by atoms with Crippen molar-refractivity contribution in [3.63, 3.8) is 0 Å². The summed E-state index contributed by atoms with van der Waals surface area (Å²) in [5, 5.41) is 3.01. The van der Waals surface area contributed by atoms with E-state index in [2.05, 4.69) is 18.3 Å². The zero-order chi connectivity index (χ0) is 13.2. The number of hydrogen-bond acceptors (Lipinski definition) is 2. The molecule has 1 amide bonds. The van der Waals surface area contributed by atoms with Gasteiger partial charge in [0, 0.05) is 11.7 Å². The summed E-state index contributed by atoms with van der Waals surface area (Å²) in [6.07, 6.45) is 3.84. The Morgan fingerprint density at radius 3 is 2.94 bits per heavy atom. The highest BCUT2D eigenvalue weighted by Crippen LogP contribution is 2.37. The first-order chi connectivity index (χ1) is 8.56. The Balaban J connectivity index is 2.11. The summed E-state index contributed by atoms with van der Waals surface area (Å²) in [6.45, 7) is 4.08. The molecule has 1 saturated carbocycles. The van der Waals surface area contributed by atoms with Crippen LogP contribution in [0.15, 0.2) is 24.3 Å². The van der Waals surface area contributed by atoms with Crippen LogP contribution in [0, 0.1) is 5.41 Å². The summed E-state index contributed by atoms with van der Waals surface area (Å²) in [7, 11) is 0. The number of amides is 1. The second-order valence-electron chi connectivity index (χ2n) is 5.42. The molecule has 3 heteroatoms. The lowest BCUT2D eigenvalue weighted by Crippen LogP contribution is -2.44. The average Bonchev–Trinajstić information content (AvgIpc) is 2.71. The van der Waals surface area contributed by atoms with E-state index in [0.29, 0.717) is 0 Å². The van der Waals surface area contributed by atoms with E-state index >= 15 is 0 Å². The maximum atomic E-state index is 12.4. The number of hydrogen-bond donors (Lipinski definition) is 2. The normalized spacial score (nSPS) is 27.2. The molecule has 1 fully saturated rings. The SMILES string of the molecule is CCc1cccc(NC(=O)C2(C)CCCC2N)c1. The largest absolute Gasteiger partial charge is 0.327 e.